The van der Waals surface area contributed by atoms with Gasteiger partial charge in [-0.25, -0.2) is 0 Å². The van der Waals surface area contributed by atoms with Crippen LogP contribution < -0.4 is 0 Å². The van der Waals surface area contributed by atoms with Gasteiger partial charge in [0, 0.05) is 36.1 Å². The van der Waals surface area contributed by atoms with E-state index in [1.807, 2.05) is 12.1 Å². The second-order valence-corrected chi connectivity index (χ2v) is 9.43. The molecule has 0 amide bonds. The predicted molar refractivity (Wildman–Crippen MR) is 132 cm³/mol. The number of hydrogen-bond donors (Lipinski definition) is 0. The Morgan fingerprint density at radius 2 is 1.24 bits per heavy atom. The first-order chi connectivity index (χ1) is 16.6. The highest BCUT2D eigenvalue weighted by atomic mass is 32.2. The standard InChI is InChI=1S/C28H26O5S/c29-21-13-7-15-23(25(21)27(31)19-9-3-1-4-10-19)33-17-18-34-24-16-8-14-22(30)26(24)28(32)20-11-5-2-6-12-20/h1-6,9-12H,7-8,13-18H2. The minimum atomic E-state index is -0.302. The fraction of sp³-hybridized carbons (Fsp3) is 0.286. The molecule has 2 aliphatic carbocycles. The molecule has 0 saturated heterocycles. The third-order valence-electron chi connectivity index (χ3n) is 5.89. The normalized spacial score (nSPS) is 16.6. The Morgan fingerprint density at radius 3 is 1.85 bits per heavy atom. The minimum absolute atomic E-state index is 0.111. The van der Waals surface area contributed by atoms with Crippen molar-refractivity contribution in [3.63, 3.8) is 0 Å². The molecule has 6 heteroatoms. The third kappa shape index (κ3) is 5.45. The van der Waals surface area contributed by atoms with Crippen molar-refractivity contribution in [1.29, 1.82) is 0 Å². The van der Waals surface area contributed by atoms with Gasteiger partial charge in [-0.05, 0) is 24.2 Å². The number of ether oxygens (including phenoxy) is 1. The smallest absolute Gasteiger partial charge is 0.200 e. The molecule has 4 rings (SSSR count). The summed E-state index contributed by atoms with van der Waals surface area (Å²) in [6.45, 7) is 0.281. The van der Waals surface area contributed by atoms with Gasteiger partial charge >= 0.3 is 0 Å². The first kappa shape index (κ1) is 23.9. The highest BCUT2D eigenvalue weighted by Crippen LogP contribution is 2.33. The van der Waals surface area contributed by atoms with E-state index in [9.17, 15) is 19.2 Å². The Balaban J connectivity index is 1.46. The van der Waals surface area contributed by atoms with E-state index in [-0.39, 0.29) is 40.9 Å². The van der Waals surface area contributed by atoms with Gasteiger partial charge in [-0.15, -0.1) is 11.8 Å². The number of ketones is 4. The van der Waals surface area contributed by atoms with Crippen LogP contribution in [-0.4, -0.2) is 35.5 Å². The molecule has 2 aliphatic rings. The van der Waals surface area contributed by atoms with Crippen LogP contribution in [0.3, 0.4) is 0 Å². The molecule has 2 aromatic rings. The van der Waals surface area contributed by atoms with Gasteiger partial charge in [-0.3, -0.25) is 19.2 Å². The lowest BCUT2D eigenvalue weighted by atomic mass is 9.90. The van der Waals surface area contributed by atoms with Crippen LogP contribution in [0.25, 0.3) is 0 Å². The van der Waals surface area contributed by atoms with Crippen molar-refractivity contribution in [2.75, 3.05) is 12.4 Å². The maximum atomic E-state index is 13.0. The third-order valence-corrected chi connectivity index (χ3v) is 7.02. The molecule has 0 N–H and O–H groups in total. The van der Waals surface area contributed by atoms with Gasteiger partial charge in [-0.1, -0.05) is 60.7 Å². The minimum Gasteiger partial charge on any atom is -0.496 e. The van der Waals surface area contributed by atoms with E-state index in [0.29, 0.717) is 54.7 Å². The second kappa shape index (κ2) is 11.3. The van der Waals surface area contributed by atoms with E-state index in [2.05, 4.69) is 0 Å². The van der Waals surface area contributed by atoms with Crippen LogP contribution >= 0.6 is 11.8 Å². The van der Waals surface area contributed by atoms with Crippen LogP contribution in [0.4, 0.5) is 0 Å². The van der Waals surface area contributed by atoms with Crippen molar-refractivity contribution < 1.29 is 23.9 Å². The molecular weight excluding hydrogens is 448 g/mol. The van der Waals surface area contributed by atoms with E-state index in [1.165, 1.54) is 11.8 Å². The highest BCUT2D eigenvalue weighted by Gasteiger charge is 2.29. The second-order valence-electron chi connectivity index (χ2n) is 8.24. The first-order valence-electron chi connectivity index (χ1n) is 11.5. The van der Waals surface area contributed by atoms with E-state index in [0.717, 1.165) is 11.3 Å². The summed E-state index contributed by atoms with van der Waals surface area (Å²) in [5.41, 5.74) is 1.42. The van der Waals surface area contributed by atoms with Crippen molar-refractivity contribution in [3.8, 4) is 0 Å². The van der Waals surface area contributed by atoms with Crippen LogP contribution in [-0.2, 0) is 14.3 Å². The zero-order valence-electron chi connectivity index (χ0n) is 18.9. The van der Waals surface area contributed by atoms with Gasteiger partial charge in [0.25, 0.3) is 0 Å². The molecule has 0 bridgehead atoms. The molecular formula is C28H26O5S. The molecule has 0 aliphatic heterocycles. The Bertz CT molecular complexity index is 1070. The van der Waals surface area contributed by atoms with E-state index in [4.69, 9.17) is 4.74 Å². The van der Waals surface area contributed by atoms with Gasteiger partial charge in [0.05, 0.1) is 12.2 Å². The average Bonchev–Trinajstić information content (AvgIpc) is 2.87. The topological polar surface area (TPSA) is 77.5 Å². The van der Waals surface area contributed by atoms with E-state index >= 15 is 0 Å². The summed E-state index contributed by atoms with van der Waals surface area (Å²) in [4.78, 5) is 51.8. The molecule has 34 heavy (non-hydrogen) atoms. The molecule has 0 fully saturated rings. The molecule has 5 nitrogen and oxygen atoms in total. The number of carbonyl (C=O) groups is 4. The number of hydrogen-bond acceptors (Lipinski definition) is 6. The number of thioether (sulfide) groups is 1. The molecule has 2 aromatic carbocycles. The van der Waals surface area contributed by atoms with Gasteiger partial charge in [0.1, 0.15) is 11.3 Å². The zero-order valence-corrected chi connectivity index (χ0v) is 19.7. The number of benzene rings is 2. The maximum absolute atomic E-state index is 13.0. The van der Waals surface area contributed by atoms with Crippen LogP contribution in [0.2, 0.25) is 0 Å². The lowest BCUT2D eigenvalue weighted by Gasteiger charge is -2.21. The summed E-state index contributed by atoms with van der Waals surface area (Å²) < 4.78 is 5.93. The molecule has 0 spiro atoms. The number of Topliss-reactive ketones (excluding diaryl/α,β-unsaturated/α-hetero) is 4. The largest absolute Gasteiger partial charge is 0.496 e. The lowest BCUT2D eigenvalue weighted by Crippen LogP contribution is -2.21. The number of allylic oxidation sites excluding steroid dienone is 4. The molecule has 0 unspecified atom stereocenters. The van der Waals surface area contributed by atoms with Gasteiger partial charge < -0.3 is 4.74 Å². The molecule has 174 valence electrons. The molecule has 0 heterocycles. The van der Waals surface area contributed by atoms with Crippen LogP contribution in [0.15, 0.2) is 82.5 Å². The molecule has 0 atom stereocenters. The number of carbonyl (C=O) groups excluding carboxylic acids is 4. The summed E-state index contributed by atoms with van der Waals surface area (Å²) in [6, 6.07) is 17.6. The first-order valence-corrected chi connectivity index (χ1v) is 12.5. The van der Waals surface area contributed by atoms with E-state index < -0.39 is 0 Å². The van der Waals surface area contributed by atoms with Crippen molar-refractivity contribution in [2.24, 2.45) is 0 Å². The molecule has 0 aromatic heterocycles. The summed E-state index contributed by atoms with van der Waals surface area (Å²) in [6.07, 6.45) is 3.33. The zero-order chi connectivity index (χ0) is 23.9. The van der Waals surface area contributed by atoms with Crippen LogP contribution in [0.1, 0.15) is 59.2 Å². The van der Waals surface area contributed by atoms with E-state index in [1.54, 1.807) is 48.5 Å². The van der Waals surface area contributed by atoms with Crippen LogP contribution in [0.5, 0.6) is 0 Å². The SMILES string of the molecule is O=C1CCCC(OCCSC2=C(C(=O)c3ccccc3)C(=O)CCC2)=C1C(=O)c1ccccc1. The Kier molecular flexibility index (Phi) is 7.91. The van der Waals surface area contributed by atoms with Gasteiger partial charge in [-0.2, -0.15) is 0 Å². The summed E-state index contributed by atoms with van der Waals surface area (Å²) in [5.74, 6) is 0.131. The average molecular weight is 475 g/mol. The van der Waals surface area contributed by atoms with Crippen molar-refractivity contribution in [2.45, 2.75) is 38.5 Å². The summed E-state index contributed by atoms with van der Waals surface area (Å²) in [5, 5.41) is 0. The van der Waals surface area contributed by atoms with Crippen molar-refractivity contribution in [3.05, 3.63) is 93.6 Å². The van der Waals surface area contributed by atoms with Crippen LogP contribution in [0, 0.1) is 0 Å². The van der Waals surface area contributed by atoms with Gasteiger partial charge in [0.2, 0.25) is 0 Å². The molecule has 0 saturated carbocycles. The fourth-order valence-corrected chi connectivity index (χ4v) is 5.28. The quantitative estimate of drug-likeness (QED) is 0.271. The molecule has 0 radical (unpaired) electrons. The van der Waals surface area contributed by atoms with Crippen molar-refractivity contribution in [1.82, 2.24) is 0 Å². The Hall–Kier alpha value is -3.25. The lowest BCUT2D eigenvalue weighted by molar-refractivity contribution is -0.116. The fourth-order valence-electron chi connectivity index (χ4n) is 4.22. The maximum Gasteiger partial charge on any atom is 0.200 e. The Labute approximate surface area is 203 Å². The Morgan fingerprint density at radius 1 is 0.706 bits per heavy atom. The monoisotopic (exact) mass is 474 g/mol. The number of rotatable bonds is 9. The van der Waals surface area contributed by atoms with Crippen molar-refractivity contribution >= 4 is 34.9 Å². The van der Waals surface area contributed by atoms with Gasteiger partial charge in [0.15, 0.2) is 23.1 Å². The highest BCUT2D eigenvalue weighted by molar-refractivity contribution is 8.03. The predicted octanol–water partition coefficient (Wildman–Crippen LogP) is 5.52. The summed E-state index contributed by atoms with van der Waals surface area (Å²) in [7, 11) is 0. The summed E-state index contributed by atoms with van der Waals surface area (Å²) >= 11 is 1.45.